The van der Waals surface area contributed by atoms with Crippen molar-refractivity contribution in [3.05, 3.63) is 41.6 Å². The number of hydrogen-bond acceptors (Lipinski definition) is 6. The van der Waals surface area contributed by atoms with Gasteiger partial charge in [-0.15, -0.1) is 0 Å². The minimum Gasteiger partial charge on any atom is -0.497 e. The molecule has 1 aromatic rings. The van der Waals surface area contributed by atoms with Crippen molar-refractivity contribution in [1.29, 1.82) is 0 Å². The Balaban J connectivity index is 2.71. The maximum atomic E-state index is 12.3. The lowest BCUT2D eigenvalue weighted by Gasteiger charge is -2.15. The summed E-state index contributed by atoms with van der Waals surface area (Å²) < 4.78 is 15.6. The van der Waals surface area contributed by atoms with E-state index in [0.717, 1.165) is 11.3 Å². The molecule has 0 radical (unpaired) electrons. The zero-order valence-corrected chi connectivity index (χ0v) is 14.9. The molecule has 0 aliphatic carbocycles. The first-order valence-corrected chi connectivity index (χ1v) is 7.73. The second-order valence-corrected chi connectivity index (χ2v) is 5.38. The van der Waals surface area contributed by atoms with Crippen LogP contribution in [0.1, 0.15) is 25.5 Å². The molecule has 1 unspecified atom stereocenters. The standard InChI is InChI=1S/C18H25NO5/c1-6-23-18(21)16(11-19(3)4)17(20)12-24-13(2)14-7-9-15(22-5)10-8-14/h7-11,13H,6,12H2,1-5H3. The summed E-state index contributed by atoms with van der Waals surface area (Å²) in [4.78, 5) is 25.8. The molecule has 132 valence electrons. The number of methoxy groups -OCH3 is 1. The number of ketones is 1. The highest BCUT2D eigenvalue weighted by molar-refractivity contribution is 6.17. The molecule has 0 heterocycles. The van der Waals surface area contributed by atoms with Crippen molar-refractivity contribution in [3.63, 3.8) is 0 Å². The van der Waals surface area contributed by atoms with E-state index in [4.69, 9.17) is 14.2 Å². The Hall–Kier alpha value is -2.34. The molecule has 0 spiro atoms. The van der Waals surface area contributed by atoms with Crippen LogP contribution in [0.4, 0.5) is 0 Å². The van der Waals surface area contributed by atoms with Crippen LogP contribution in [-0.2, 0) is 19.1 Å². The third kappa shape index (κ3) is 6.04. The van der Waals surface area contributed by atoms with Crippen LogP contribution in [-0.4, -0.2) is 51.1 Å². The van der Waals surface area contributed by atoms with Gasteiger partial charge in [-0.2, -0.15) is 0 Å². The minimum atomic E-state index is -0.642. The SMILES string of the molecule is CCOC(=O)C(=CN(C)C)C(=O)COC(C)c1ccc(OC)cc1. The Morgan fingerprint density at radius 3 is 2.33 bits per heavy atom. The Kier molecular flexibility index (Phi) is 7.98. The van der Waals surface area contributed by atoms with Crippen LogP contribution in [0.15, 0.2) is 36.0 Å². The van der Waals surface area contributed by atoms with Crippen LogP contribution in [0.5, 0.6) is 5.75 Å². The third-order valence-corrected chi connectivity index (χ3v) is 3.23. The van der Waals surface area contributed by atoms with Crippen LogP contribution in [0, 0.1) is 0 Å². The quantitative estimate of drug-likeness (QED) is 0.299. The highest BCUT2D eigenvalue weighted by atomic mass is 16.5. The third-order valence-electron chi connectivity index (χ3n) is 3.23. The Morgan fingerprint density at radius 1 is 1.21 bits per heavy atom. The number of benzene rings is 1. The van der Waals surface area contributed by atoms with Crippen molar-refractivity contribution in [2.45, 2.75) is 20.0 Å². The van der Waals surface area contributed by atoms with Gasteiger partial charge in [0.05, 0.1) is 19.8 Å². The van der Waals surface area contributed by atoms with Gasteiger partial charge in [-0.1, -0.05) is 12.1 Å². The van der Waals surface area contributed by atoms with Crippen molar-refractivity contribution in [3.8, 4) is 5.75 Å². The Bertz CT molecular complexity index is 578. The number of nitrogens with zero attached hydrogens (tertiary/aromatic N) is 1. The van der Waals surface area contributed by atoms with Crippen LogP contribution in [0.3, 0.4) is 0 Å². The van der Waals surface area contributed by atoms with Gasteiger partial charge in [0, 0.05) is 20.3 Å². The normalized spacial score (nSPS) is 12.5. The smallest absolute Gasteiger partial charge is 0.343 e. The fraction of sp³-hybridized carbons (Fsp3) is 0.444. The van der Waals surface area contributed by atoms with E-state index >= 15 is 0 Å². The lowest BCUT2D eigenvalue weighted by molar-refractivity contribution is -0.141. The largest absolute Gasteiger partial charge is 0.497 e. The number of Topliss-reactive ketones (excluding diaryl/α,β-unsaturated/α-hetero) is 1. The van der Waals surface area contributed by atoms with E-state index in [9.17, 15) is 9.59 Å². The molecule has 0 saturated heterocycles. The number of carbonyl (C=O) groups excluding carboxylic acids is 2. The summed E-state index contributed by atoms with van der Waals surface area (Å²) >= 11 is 0. The highest BCUT2D eigenvalue weighted by Crippen LogP contribution is 2.20. The first-order valence-electron chi connectivity index (χ1n) is 7.73. The zero-order valence-electron chi connectivity index (χ0n) is 14.9. The molecule has 0 saturated carbocycles. The monoisotopic (exact) mass is 335 g/mol. The summed E-state index contributed by atoms with van der Waals surface area (Å²) in [5.74, 6) is -0.306. The van der Waals surface area contributed by atoms with Crippen LogP contribution >= 0.6 is 0 Å². The molecule has 0 N–H and O–H groups in total. The Morgan fingerprint density at radius 2 is 1.83 bits per heavy atom. The molecular formula is C18H25NO5. The topological polar surface area (TPSA) is 65.1 Å². The van der Waals surface area contributed by atoms with Crippen molar-refractivity contribution in [2.24, 2.45) is 0 Å². The van der Waals surface area contributed by atoms with Gasteiger partial charge < -0.3 is 19.1 Å². The predicted molar refractivity (Wildman–Crippen MR) is 90.8 cm³/mol. The zero-order chi connectivity index (χ0) is 18.1. The molecule has 0 aliphatic rings. The summed E-state index contributed by atoms with van der Waals surface area (Å²) in [5.41, 5.74) is 0.890. The molecular weight excluding hydrogens is 310 g/mol. The van der Waals surface area contributed by atoms with Crippen LogP contribution < -0.4 is 4.74 Å². The molecule has 24 heavy (non-hydrogen) atoms. The fourth-order valence-corrected chi connectivity index (χ4v) is 1.96. The van der Waals surface area contributed by atoms with Gasteiger partial charge >= 0.3 is 5.97 Å². The van der Waals surface area contributed by atoms with E-state index in [0.29, 0.717) is 0 Å². The average Bonchev–Trinajstić information content (AvgIpc) is 2.57. The van der Waals surface area contributed by atoms with E-state index in [2.05, 4.69) is 0 Å². The average molecular weight is 335 g/mol. The van der Waals surface area contributed by atoms with Crippen LogP contribution in [0.25, 0.3) is 0 Å². The van der Waals surface area contributed by atoms with Gasteiger partial charge in [-0.05, 0) is 31.5 Å². The molecule has 0 aromatic heterocycles. The van der Waals surface area contributed by atoms with Gasteiger partial charge in [0.2, 0.25) is 0 Å². The van der Waals surface area contributed by atoms with Crippen molar-refractivity contribution in [1.82, 2.24) is 4.90 Å². The van der Waals surface area contributed by atoms with E-state index in [1.165, 1.54) is 6.20 Å². The number of carbonyl (C=O) groups is 2. The fourth-order valence-electron chi connectivity index (χ4n) is 1.96. The number of esters is 1. The van der Waals surface area contributed by atoms with Crippen molar-refractivity contribution in [2.75, 3.05) is 34.4 Å². The second-order valence-electron chi connectivity index (χ2n) is 5.38. The highest BCUT2D eigenvalue weighted by Gasteiger charge is 2.21. The van der Waals surface area contributed by atoms with E-state index in [1.807, 2.05) is 31.2 Å². The molecule has 0 fully saturated rings. The van der Waals surface area contributed by atoms with Gasteiger partial charge in [0.15, 0.2) is 5.78 Å². The summed E-state index contributed by atoms with van der Waals surface area (Å²) in [6, 6.07) is 7.39. The lowest BCUT2D eigenvalue weighted by Crippen LogP contribution is -2.23. The number of ether oxygens (including phenoxy) is 3. The lowest BCUT2D eigenvalue weighted by atomic mass is 10.1. The van der Waals surface area contributed by atoms with Crippen LogP contribution in [0.2, 0.25) is 0 Å². The maximum Gasteiger partial charge on any atom is 0.343 e. The summed E-state index contributed by atoms with van der Waals surface area (Å²) in [5, 5.41) is 0. The molecule has 1 atom stereocenters. The van der Waals surface area contributed by atoms with Crippen molar-refractivity contribution < 1.29 is 23.8 Å². The Labute approximate surface area is 143 Å². The van der Waals surface area contributed by atoms with E-state index in [1.54, 1.807) is 33.0 Å². The second kappa shape index (κ2) is 9.72. The number of rotatable bonds is 9. The van der Waals surface area contributed by atoms with Crippen molar-refractivity contribution >= 4 is 11.8 Å². The molecule has 6 nitrogen and oxygen atoms in total. The van der Waals surface area contributed by atoms with Gasteiger partial charge in [0.25, 0.3) is 0 Å². The first kappa shape index (κ1) is 19.7. The summed E-state index contributed by atoms with van der Waals surface area (Å²) in [6.45, 7) is 3.54. The molecule has 0 aliphatic heterocycles. The molecule has 1 rings (SSSR count). The summed E-state index contributed by atoms with van der Waals surface area (Å²) in [6.07, 6.45) is 1.16. The van der Waals surface area contributed by atoms with Gasteiger partial charge in [0.1, 0.15) is 17.9 Å². The van der Waals surface area contributed by atoms with E-state index < -0.39 is 11.8 Å². The minimum absolute atomic E-state index is 0.0243. The molecule has 1 aromatic carbocycles. The molecule has 0 bridgehead atoms. The van der Waals surface area contributed by atoms with E-state index in [-0.39, 0.29) is 24.9 Å². The van der Waals surface area contributed by atoms with Gasteiger partial charge in [-0.25, -0.2) is 4.79 Å². The predicted octanol–water partition coefficient (Wildman–Crippen LogP) is 2.35. The maximum absolute atomic E-state index is 12.3. The molecule has 6 heteroatoms. The first-order chi connectivity index (χ1) is 11.4. The molecule has 0 amide bonds. The summed E-state index contributed by atoms with van der Waals surface area (Å²) in [7, 11) is 5.06. The number of hydrogen-bond donors (Lipinski definition) is 0. The van der Waals surface area contributed by atoms with Gasteiger partial charge in [-0.3, -0.25) is 4.79 Å².